The summed E-state index contributed by atoms with van der Waals surface area (Å²) in [4.78, 5) is 52.0. The lowest BCUT2D eigenvalue weighted by Crippen LogP contribution is -2.32. The van der Waals surface area contributed by atoms with Crippen molar-refractivity contribution in [2.45, 2.75) is 58.5 Å². The molecular formula is C33H42N6O7. The number of alkyl carbamates (subject to hydrolysis) is 1. The molecule has 13 heteroatoms. The van der Waals surface area contributed by atoms with Gasteiger partial charge in [-0.05, 0) is 30.9 Å². The number of hydrogen-bond donors (Lipinski definition) is 2. The average Bonchev–Trinajstić information content (AvgIpc) is 3.46. The second-order valence-electron chi connectivity index (χ2n) is 11.0. The number of carboxylic acids is 1. The minimum absolute atomic E-state index is 0.00347. The van der Waals surface area contributed by atoms with Crippen molar-refractivity contribution in [1.29, 1.82) is 0 Å². The first-order chi connectivity index (χ1) is 22.3. The number of para-hydroxylation sites is 1. The van der Waals surface area contributed by atoms with Crippen LogP contribution >= 0.6 is 0 Å². The number of benzene rings is 2. The Balaban J connectivity index is 1.41. The van der Waals surface area contributed by atoms with Crippen molar-refractivity contribution in [3.63, 3.8) is 0 Å². The molecule has 46 heavy (non-hydrogen) atoms. The average molecular weight is 635 g/mol. The van der Waals surface area contributed by atoms with E-state index in [1.165, 1.54) is 0 Å². The first kappa shape index (κ1) is 34.1. The molecule has 0 bridgehead atoms. The first-order valence-corrected chi connectivity index (χ1v) is 15.7. The Labute approximate surface area is 268 Å². The molecule has 246 valence electrons. The van der Waals surface area contributed by atoms with Gasteiger partial charge in [-0.3, -0.25) is 9.59 Å². The van der Waals surface area contributed by atoms with Crippen LogP contribution in [0.2, 0.25) is 0 Å². The van der Waals surface area contributed by atoms with Crippen molar-refractivity contribution < 1.29 is 33.8 Å². The largest absolute Gasteiger partial charge is 0.480 e. The molecule has 2 N–H and O–H groups in total. The molecule has 3 aromatic rings. The van der Waals surface area contributed by atoms with Gasteiger partial charge in [0.05, 0.1) is 31.1 Å². The van der Waals surface area contributed by atoms with Gasteiger partial charge in [0.25, 0.3) is 0 Å². The van der Waals surface area contributed by atoms with Crippen LogP contribution in [0.3, 0.4) is 0 Å². The van der Waals surface area contributed by atoms with Crippen LogP contribution in [0, 0.1) is 0 Å². The van der Waals surface area contributed by atoms with Gasteiger partial charge < -0.3 is 29.7 Å². The van der Waals surface area contributed by atoms with Crippen LogP contribution in [0.1, 0.15) is 51.0 Å². The molecule has 0 spiro atoms. The first-order valence-electron chi connectivity index (χ1n) is 15.7. The maximum absolute atomic E-state index is 13.8. The summed E-state index contributed by atoms with van der Waals surface area (Å²) in [7, 11) is 1.80. The molecule has 13 nitrogen and oxygen atoms in total. The number of hydrogen-bond acceptors (Lipinski definition) is 8. The van der Waals surface area contributed by atoms with Gasteiger partial charge in [-0.25, -0.2) is 14.3 Å². The summed E-state index contributed by atoms with van der Waals surface area (Å²) >= 11 is 0. The van der Waals surface area contributed by atoms with Crippen LogP contribution in [-0.4, -0.2) is 88.8 Å². The number of nitrogens with one attached hydrogen (secondary N) is 1. The Morgan fingerprint density at radius 3 is 2.52 bits per heavy atom. The summed E-state index contributed by atoms with van der Waals surface area (Å²) in [5, 5.41) is 20.3. The van der Waals surface area contributed by atoms with E-state index in [2.05, 4.69) is 15.6 Å². The van der Waals surface area contributed by atoms with Gasteiger partial charge >= 0.3 is 12.1 Å². The van der Waals surface area contributed by atoms with Crippen LogP contribution in [0.15, 0.2) is 48.5 Å². The number of carbonyl (C=O) groups excluding carboxylic acids is 3. The number of amides is 3. The summed E-state index contributed by atoms with van der Waals surface area (Å²) in [5.74, 6) is -1.01. The summed E-state index contributed by atoms with van der Waals surface area (Å²) in [5.41, 5.74) is 5.06. The Bertz CT molecular complexity index is 1510. The highest BCUT2D eigenvalue weighted by Gasteiger charge is 2.29. The normalized spacial score (nSPS) is 11.8. The van der Waals surface area contributed by atoms with E-state index in [-0.39, 0.29) is 25.0 Å². The van der Waals surface area contributed by atoms with E-state index in [9.17, 15) is 19.2 Å². The molecule has 4 rings (SSSR count). The monoisotopic (exact) mass is 634 g/mol. The molecule has 0 aliphatic carbocycles. The smallest absolute Gasteiger partial charge is 0.407 e. The maximum Gasteiger partial charge on any atom is 0.407 e. The fourth-order valence-corrected chi connectivity index (χ4v) is 5.28. The quantitative estimate of drug-likeness (QED) is 0.222. The van der Waals surface area contributed by atoms with E-state index in [0.717, 1.165) is 46.6 Å². The number of anilines is 1. The fraction of sp³-hybridized carbons (Fsp3) is 0.455. The predicted molar refractivity (Wildman–Crippen MR) is 171 cm³/mol. The minimum atomic E-state index is -1.08. The van der Waals surface area contributed by atoms with Crippen LogP contribution in [0.5, 0.6) is 0 Å². The molecule has 3 amide bonds. The van der Waals surface area contributed by atoms with Crippen molar-refractivity contribution in [2.75, 3.05) is 44.9 Å². The van der Waals surface area contributed by atoms with Gasteiger partial charge in [-0.2, -0.15) is 0 Å². The van der Waals surface area contributed by atoms with E-state index in [4.69, 9.17) is 14.6 Å². The van der Waals surface area contributed by atoms with Crippen molar-refractivity contribution in [3.05, 3.63) is 54.1 Å². The third-order valence-corrected chi connectivity index (χ3v) is 7.65. The van der Waals surface area contributed by atoms with E-state index in [0.29, 0.717) is 51.9 Å². The van der Waals surface area contributed by atoms with Crippen molar-refractivity contribution >= 4 is 29.6 Å². The van der Waals surface area contributed by atoms with Crippen LogP contribution < -0.4 is 10.2 Å². The third kappa shape index (κ3) is 9.13. The summed E-state index contributed by atoms with van der Waals surface area (Å²) in [6.07, 6.45) is 3.05. The van der Waals surface area contributed by atoms with Gasteiger partial charge in [0, 0.05) is 44.1 Å². The molecule has 2 aromatic carbocycles. The molecule has 1 aliphatic heterocycles. The standard InChI is InChI=1S/C33H42N6O7/c1-3-11-28(40)37(2)18-19-39-32-26-14-8-9-15-27(26)38(22-24-12-6-7-13-25(24)31(32)35-36-39)29(41)16-5-4-10-17-34-33(44)46-21-20-45-23-30(42)43/h6-9,12-15H,3-5,10-11,16-23H2,1-2H3,(H,34,44)(H,42,43). The van der Waals surface area contributed by atoms with E-state index < -0.39 is 18.7 Å². The number of rotatable bonds is 16. The highest BCUT2D eigenvalue weighted by Crippen LogP contribution is 2.41. The summed E-state index contributed by atoms with van der Waals surface area (Å²) < 4.78 is 11.6. The zero-order chi connectivity index (χ0) is 32.9. The molecule has 0 radical (unpaired) electrons. The Morgan fingerprint density at radius 1 is 0.978 bits per heavy atom. The number of aromatic nitrogens is 3. The van der Waals surface area contributed by atoms with Crippen LogP contribution in [0.4, 0.5) is 10.5 Å². The molecule has 1 aliphatic rings. The number of ether oxygens (including phenoxy) is 2. The number of likely N-dealkylation sites (N-methyl/N-ethyl adjacent to an activating group) is 1. The minimum Gasteiger partial charge on any atom is -0.480 e. The summed E-state index contributed by atoms with van der Waals surface area (Å²) in [6.45, 7) is 3.22. The number of carbonyl (C=O) groups is 4. The third-order valence-electron chi connectivity index (χ3n) is 7.65. The highest BCUT2D eigenvalue weighted by atomic mass is 16.6. The van der Waals surface area contributed by atoms with Gasteiger partial charge in [-0.1, -0.05) is 61.0 Å². The van der Waals surface area contributed by atoms with Crippen molar-refractivity contribution in [3.8, 4) is 22.5 Å². The number of aliphatic carboxylic acids is 1. The molecule has 2 heterocycles. The topological polar surface area (TPSA) is 156 Å². The number of unbranched alkanes of at least 4 members (excludes halogenated alkanes) is 2. The summed E-state index contributed by atoms with van der Waals surface area (Å²) in [6, 6.07) is 15.7. The van der Waals surface area contributed by atoms with Crippen LogP contribution in [-0.2, 0) is 36.9 Å². The molecule has 0 unspecified atom stereocenters. The van der Waals surface area contributed by atoms with Crippen LogP contribution in [0.25, 0.3) is 22.5 Å². The lowest BCUT2D eigenvalue weighted by atomic mass is 9.95. The Kier molecular flexibility index (Phi) is 12.6. The molecule has 0 atom stereocenters. The fourth-order valence-electron chi connectivity index (χ4n) is 5.28. The maximum atomic E-state index is 13.8. The lowest BCUT2D eigenvalue weighted by molar-refractivity contribution is -0.142. The highest BCUT2D eigenvalue weighted by molar-refractivity contribution is 6.00. The Hall–Kier alpha value is -4.78. The van der Waals surface area contributed by atoms with E-state index in [1.54, 1.807) is 11.9 Å². The van der Waals surface area contributed by atoms with E-state index >= 15 is 0 Å². The molecule has 0 saturated heterocycles. The van der Waals surface area contributed by atoms with Gasteiger partial charge in [0.2, 0.25) is 11.8 Å². The van der Waals surface area contributed by atoms with Crippen molar-refractivity contribution in [2.24, 2.45) is 0 Å². The van der Waals surface area contributed by atoms with Gasteiger partial charge in [0.15, 0.2) is 0 Å². The zero-order valence-electron chi connectivity index (χ0n) is 26.4. The lowest BCUT2D eigenvalue weighted by Gasteiger charge is -2.29. The van der Waals surface area contributed by atoms with E-state index in [1.807, 2.05) is 65.0 Å². The predicted octanol–water partition coefficient (Wildman–Crippen LogP) is 4.11. The molecule has 1 aromatic heterocycles. The Morgan fingerprint density at radius 2 is 1.74 bits per heavy atom. The number of nitrogens with zero attached hydrogens (tertiary/aromatic N) is 5. The molecule has 0 saturated carbocycles. The zero-order valence-corrected chi connectivity index (χ0v) is 26.4. The second-order valence-corrected chi connectivity index (χ2v) is 11.0. The number of fused-ring (bicyclic) bond motifs is 5. The molecular weight excluding hydrogens is 592 g/mol. The van der Waals surface area contributed by atoms with Crippen molar-refractivity contribution in [1.82, 2.24) is 25.2 Å². The number of carboxylic acid groups (broad SMARTS) is 1. The van der Waals surface area contributed by atoms with Gasteiger partial charge in [-0.15, -0.1) is 5.10 Å². The molecule has 0 fully saturated rings. The second kappa shape index (κ2) is 17.1. The SMILES string of the molecule is CCCC(=O)N(C)CCn1nnc2c1-c1ccccc1N(C(=O)CCCCCNC(=O)OCCOCC(=O)O)Cc1ccccc1-2. The van der Waals surface area contributed by atoms with Gasteiger partial charge in [0.1, 0.15) is 18.9 Å².